The summed E-state index contributed by atoms with van der Waals surface area (Å²) in [5, 5.41) is 5.08. The van der Waals surface area contributed by atoms with E-state index in [9.17, 15) is 4.79 Å². The number of benzene rings is 1. The van der Waals surface area contributed by atoms with Crippen molar-refractivity contribution in [2.75, 3.05) is 27.3 Å². The lowest BCUT2D eigenvalue weighted by molar-refractivity contribution is -0.123. The first-order chi connectivity index (χ1) is 12.1. The highest BCUT2D eigenvalue weighted by atomic mass is 32.1. The summed E-state index contributed by atoms with van der Waals surface area (Å²) >= 11 is 1.65. The SMILES string of the molecule is CCN(CC(=O)NC(C)c1cccs1)Cc1ccc(OC)c(OC)c1. The average molecular weight is 362 g/mol. The predicted octanol–water partition coefficient (Wildman–Crippen LogP) is 3.46. The van der Waals surface area contributed by atoms with E-state index in [0.29, 0.717) is 24.6 Å². The number of nitrogens with one attached hydrogen (secondary N) is 1. The van der Waals surface area contributed by atoms with Gasteiger partial charge in [-0.05, 0) is 42.6 Å². The average Bonchev–Trinajstić information content (AvgIpc) is 3.15. The summed E-state index contributed by atoms with van der Waals surface area (Å²) in [7, 11) is 3.24. The maximum Gasteiger partial charge on any atom is 0.234 e. The maximum atomic E-state index is 12.3. The van der Waals surface area contributed by atoms with Crippen LogP contribution in [0.25, 0.3) is 0 Å². The van der Waals surface area contributed by atoms with Crippen molar-refractivity contribution in [2.45, 2.75) is 26.4 Å². The van der Waals surface area contributed by atoms with E-state index in [4.69, 9.17) is 9.47 Å². The number of methoxy groups -OCH3 is 2. The van der Waals surface area contributed by atoms with Gasteiger partial charge in [-0.15, -0.1) is 11.3 Å². The minimum absolute atomic E-state index is 0.0308. The summed E-state index contributed by atoms with van der Waals surface area (Å²) in [5.74, 6) is 1.44. The molecule has 0 bridgehead atoms. The molecule has 0 spiro atoms. The van der Waals surface area contributed by atoms with Crippen molar-refractivity contribution < 1.29 is 14.3 Å². The summed E-state index contributed by atoms with van der Waals surface area (Å²) in [6.07, 6.45) is 0. The van der Waals surface area contributed by atoms with Crippen LogP contribution < -0.4 is 14.8 Å². The van der Waals surface area contributed by atoms with Crippen LogP contribution in [-0.2, 0) is 11.3 Å². The molecular weight excluding hydrogens is 336 g/mol. The van der Waals surface area contributed by atoms with Gasteiger partial charge in [0.1, 0.15) is 0 Å². The highest BCUT2D eigenvalue weighted by Crippen LogP contribution is 2.28. The van der Waals surface area contributed by atoms with Crippen LogP contribution >= 0.6 is 11.3 Å². The number of likely N-dealkylation sites (N-methyl/N-ethyl adjacent to an activating group) is 1. The highest BCUT2D eigenvalue weighted by Gasteiger charge is 2.14. The van der Waals surface area contributed by atoms with Crippen molar-refractivity contribution in [3.63, 3.8) is 0 Å². The topological polar surface area (TPSA) is 50.8 Å². The molecule has 1 aromatic heterocycles. The van der Waals surface area contributed by atoms with Crippen LogP contribution in [0.5, 0.6) is 11.5 Å². The quantitative estimate of drug-likeness (QED) is 0.742. The molecule has 6 heteroatoms. The number of ether oxygens (including phenoxy) is 2. The summed E-state index contributed by atoms with van der Waals surface area (Å²) < 4.78 is 10.6. The molecule has 0 saturated heterocycles. The van der Waals surface area contributed by atoms with Crippen LogP contribution in [0.4, 0.5) is 0 Å². The molecule has 1 heterocycles. The first-order valence-corrected chi connectivity index (χ1v) is 9.21. The van der Waals surface area contributed by atoms with E-state index < -0.39 is 0 Å². The minimum Gasteiger partial charge on any atom is -0.493 e. The molecule has 1 aromatic carbocycles. The Balaban J connectivity index is 1.94. The fraction of sp³-hybridized carbons (Fsp3) is 0.421. The zero-order chi connectivity index (χ0) is 18.2. The Morgan fingerprint density at radius 3 is 2.60 bits per heavy atom. The smallest absolute Gasteiger partial charge is 0.234 e. The largest absolute Gasteiger partial charge is 0.493 e. The maximum absolute atomic E-state index is 12.3. The third-order valence-corrected chi connectivity index (χ3v) is 5.07. The van der Waals surface area contributed by atoms with Gasteiger partial charge in [-0.3, -0.25) is 9.69 Å². The summed E-state index contributed by atoms with van der Waals surface area (Å²) in [6, 6.07) is 9.91. The second kappa shape index (κ2) is 9.44. The van der Waals surface area contributed by atoms with Gasteiger partial charge in [0.25, 0.3) is 0 Å². The predicted molar refractivity (Wildman–Crippen MR) is 101 cm³/mol. The van der Waals surface area contributed by atoms with Gasteiger partial charge in [-0.1, -0.05) is 19.1 Å². The van der Waals surface area contributed by atoms with Crippen LogP contribution in [0.1, 0.15) is 30.3 Å². The van der Waals surface area contributed by atoms with Gasteiger partial charge in [0.05, 0.1) is 26.8 Å². The minimum atomic E-state index is 0.0308. The van der Waals surface area contributed by atoms with Crippen molar-refractivity contribution in [1.29, 1.82) is 0 Å². The summed E-state index contributed by atoms with van der Waals surface area (Å²) in [5.41, 5.74) is 1.08. The molecule has 0 fully saturated rings. The lowest BCUT2D eigenvalue weighted by atomic mass is 10.2. The highest BCUT2D eigenvalue weighted by molar-refractivity contribution is 7.10. The number of carbonyl (C=O) groups excluding carboxylic acids is 1. The van der Waals surface area contributed by atoms with E-state index >= 15 is 0 Å². The molecule has 136 valence electrons. The van der Waals surface area contributed by atoms with Gasteiger partial charge < -0.3 is 14.8 Å². The van der Waals surface area contributed by atoms with E-state index in [2.05, 4.69) is 17.1 Å². The molecule has 0 saturated carbocycles. The zero-order valence-corrected chi connectivity index (χ0v) is 16.1. The number of rotatable bonds is 9. The Kier molecular flexibility index (Phi) is 7.28. The molecule has 25 heavy (non-hydrogen) atoms. The van der Waals surface area contributed by atoms with Crippen molar-refractivity contribution in [2.24, 2.45) is 0 Å². The zero-order valence-electron chi connectivity index (χ0n) is 15.2. The van der Waals surface area contributed by atoms with Crippen molar-refractivity contribution in [3.05, 3.63) is 46.2 Å². The van der Waals surface area contributed by atoms with Gasteiger partial charge in [0.2, 0.25) is 5.91 Å². The number of hydrogen-bond acceptors (Lipinski definition) is 5. The third-order valence-electron chi connectivity index (χ3n) is 4.02. The van der Waals surface area contributed by atoms with Crippen LogP contribution in [0.2, 0.25) is 0 Å². The van der Waals surface area contributed by atoms with Gasteiger partial charge in [-0.2, -0.15) is 0 Å². The molecule has 0 aliphatic heterocycles. The lowest BCUT2D eigenvalue weighted by Gasteiger charge is -2.22. The van der Waals surface area contributed by atoms with Gasteiger partial charge in [-0.25, -0.2) is 0 Å². The first kappa shape index (κ1) is 19.3. The first-order valence-electron chi connectivity index (χ1n) is 8.33. The molecule has 2 rings (SSSR count). The molecule has 1 unspecified atom stereocenters. The second-order valence-electron chi connectivity index (χ2n) is 5.80. The van der Waals surface area contributed by atoms with Crippen molar-refractivity contribution >= 4 is 17.2 Å². The van der Waals surface area contributed by atoms with Crippen molar-refractivity contribution in [3.8, 4) is 11.5 Å². The Bertz CT molecular complexity index is 673. The van der Waals surface area contributed by atoms with E-state index in [-0.39, 0.29) is 11.9 Å². The number of amides is 1. The molecule has 0 aliphatic carbocycles. The van der Waals surface area contributed by atoms with E-state index in [1.165, 1.54) is 0 Å². The van der Waals surface area contributed by atoms with E-state index in [0.717, 1.165) is 17.0 Å². The number of thiophene rings is 1. The Hall–Kier alpha value is -2.05. The normalized spacial score (nSPS) is 12.0. The summed E-state index contributed by atoms with van der Waals surface area (Å²) in [4.78, 5) is 15.6. The fourth-order valence-electron chi connectivity index (χ4n) is 2.62. The molecule has 1 N–H and O–H groups in total. The standard InChI is InChI=1S/C19H26N2O3S/c1-5-21(12-15-8-9-16(23-3)17(11-15)24-4)13-19(22)20-14(2)18-7-6-10-25-18/h6-11,14H,5,12-13H2,1-4H3,(H,20,22). The van der Waals surface area contributed by atoms with Crippen LogP contribution in [0.3, 0.4) is 0 Å². The Morgan fingerprint density at radius 2 is 2.00 bits per heavy atom. The number of hydrogen-bond donors (Lipinski definition) is 1. The number of carbonyl (C=O) groups is 1. The van der Waals surface area contributed by atoms with Crippen LogP contribution in [0.15, 0.2) is 35.7 Å². The van der Waals surface area contributed by atoms with Crippen LogP contribution in [-0.4, -0.2) is 38.1 Å². The third kappa shape index (κ3) is 5.47. The summed E-state index contributed by atoms with van der Waals surface area (Å²) in [6.45, 7) is 5.89. The van der Waals surface area contributed by atoms with E-state index in [1.807, 2.05) is 42.6 Å². The number of nitrogens with zero attached hydrogens (tertiary/aromatic N) is 1. The molecule has 0 aliphatic rings. The van der Waals surface area contributed by atoms with Gasteiger partial charge in [0.15, 0.2) is 11.5 Å². The molecule has 1 atom stereocenters. The van der Waals surface area contributed by atoms with Crippen LogP contribution in [0, 0.1) is 0 Å². The second-order valence-corrected chi connectivity index (χ2v) is 6.78. The molecule has 5 nitrogen and oxygen atoms in total. The van der Waals surface area contributed by atoms with Gasteiger partial charge in [0, 0.05) is 11.4 Å². The monoisotopic (exact) mass is 362 g/mol. The molecule has 0 radical (unpaired) electrons. The molecule has 1 amide bonds. The Morgan fingerprint density at radius 1 is 1.24 bits per heavy atom. The van der Waals surface area contributed by atoms with Crippen molar-refractivity contribution in [1.82, 2.24) is 10.2 Å². The van der Waals surface area contributed by atoms with Gasteiger partial charge >= 0.3 is 0 Å². The molecular formula is C19H26N2O3S. The lowest BCUT2D eigenvalue weighted by Crippen LogP contribution is -2.37. The Labute approximate surface area is 153 Å². The molecule has 2 aromatic rings. The fourth-order valence-corrected chi connectivity index (χ4v) is 3.35. The van der Waals surface area contributed by atoms with E-state index in [1.54, 1.807) is 25.6 Å².